The lowest BCUT2D eigenvalue weighted by Crippen LogP contribution is -2.26. The van der Waals surface area contributed by atoms with Crippen LogP contribution in [0.15, 0.2) is 24.5 Å². The summed E-state index contributed by atoms with van der Waals surface area (Å²) in [6.07, 6.45) is 3.39. The van der Waals surface area contributed by atoms with Crippen molar-refractivity contribution in [2.24, 2.45) is 0 Å². The minimum Gasteiger partial charge on any atom is -0.374 e. The van der Waals surface area contributed by atoms with E-state index in [2.05, 4.69) is 20.5 Å². The number of nitrogens with two attached hydrogens (primary N) is 1. The number of anilines is 1. The second-order valence-electron chi connectivity index (χ2n) is 3.43. The summed E-state index contributed by atoms with van der Waals surface area (Å²) in [4.78, 5) is 15.8. The first-order chi connectivity index (χ1) is 8.16. The number of rotatable bonds is 3. The second-order valence-corrected chi connectivity index (χ2v) is 4.44. The average molecular weight is 249 g/mol. The first kappa shape index (κ1) is 11.5. The van der Waals surface area contributed by atoms with Gasteiger partial charge >= 0.3 is 0 Å². The molecule has 1 unspecified atom stereocenters. The maximum atomic E-state index is 11.8. The Morgan fingerprint density at radius 1 is 1.53 bits per heavy atom. The lowest BCUT2D eigenvalue weighted by Gasteiger charge is -2.12. The summed E-state index contributed by atoms with van der Waals surface area (Å²) in [7, 11) is 0. The van der Waals surface area contributed by atoms with Gasteiger partial charge in [-0.05, 0) is 18.6 Å². The molecule has 0 fully saturated rings. The number of hydrogen-bond acceptors (Lipinski definition) is 6. The van der Waals surface area contributed by atoms with Gasteiger partial charge in [-0.3, -0.25) is 9.78 Å². The van der Waals surface area contributed by atoms with Crippen LogP contribution in [0.1, 0.15) is 28.3 Å². The van der Waals surface area contributed by atoms with E-state index in [-0.39, 0.29) is 22.1 Å². The van der Waals surface area contributed by atoms with Gasteiger partial charge in [-0.15, -0.1) is 10.2 Å². The first-order valence-electron chi connectivity index (χ1n) is 4.96. The molecule has 0 aliphatic carbocycles. The molecule has 2 aromatic rings. The van der Waals surface area contributed by atoms with E-state index in [4.69, 9.17) is 5.73 Å². The van der Waals surface area contributed by atoms with Crippen molar-refractivity contribution >= 4 is 22.4 Å². The molecular formula is C10H11N5OS. The van der Waals surface area contributed by atoms with Crippen molar-refractivity contribution in [1.82, 2.24) is 20.5 Å². The van der Waals surface area contributed by atoms with E-state index in [1.807, 2.05) is 19.1 Å². The SMILES string of the molecule is CC(NC(=O)c1nnc(N)s1)c1cccnc1. The monoisotopic (exact) mass is 249 g/mol. The Labute approximate surface area is 102 Å². The van der Waals surface area contributed by atoms with Crippen LogP contribution in [0.25, 0.3) is 0 Å². The van der Waals surface area contributed by atoms with Crippen molar-refractivity contribution in [2.75, 3.05) is 5.73 Å². The molecule has 0 aromatic carbocycles. The number of nitrogen functional groups attached to an aromatic ring is 1. The summed E-state index contributed by atoms with van der Waals surface area (Å²) in [5.41, 5.74) is 6.34. The molecule has 3 N–H and O–H groups in total. The third-order valence-electron chi connectivity index (χ3n) is 2.17. The van der Waals surface area contributed by atoms with Crippen LogP contribution in [0, 0.1) is 0 Å². The van der Waals surface area contributed by atoms with Gasteiger partial charge in [-0.1, -0.05) is 17.4 Å². The maximum Gasteiger partial charge on any atom is 0.282 e. The molecule has 0 saturated heterocycles. The van der Waals surface area contributed by atoms with Crippen molar-refractivity contribution in [2.45, 2.75) is 13.0 Å². The smallest absolute Gasteiger partial charge is 0.282 e. The molecule has 7 heteroatoms. The summed E-state index contributed by atoms with van der Waals surface area (Å²) < 4.78 is 0. The van der Waals surface area contributed by atoms with Crippen LogP contribution in [0.2, 0.25) is 0 Å². The zero-order chi connectivity index (χ0) is 12.3. The molecule has 1 amide bonds. The number of amides is 1. The highest BCUT2D eigenvalue weighted by atomic mass is 32.1. The highest BCUT2D eigenvalue weighted by molar-refractivity contribution is 7.16. The molecular weight excluding hydrogens is 238 g/mol. The lowest BCUT2D eigenvalue weighted by atomic mass is 10.1. The van der Waals surface area contributed by atoms with Gasteiger partial charge in [0.2, 0.25) is 10.1 Å². The van der Waals surface area contributed by atoms with Gasteiger partial charge in [0, 0.05) is 12.4 Å². The quantitative estimate of drug-likeness (QED) is 0.846. The van der Waals surface area contributed by atoms with Crippen molar-refractivity contribution in [1.29, 1.82) is 0 Å². The summed E-state index contributed by atoms with van der Waals surface area (Å²) >= 11 is 1.06. The van der Waals surface area contributed by atoms with Crippen molar-refractivity contribution in [3.63, 3.8) is 0 Å². The summed E-state index contributed by atoms with van der Waals surface area (Å²) in [6.45, 7) is 1.87. The molecule has 17 heavy (non-hydrogen) atoms. The Morgan fingerprint density at radius 2 is 2.35 bits per heavy atom. The molecule has 2 aromatic heterocycles. The van der Waals surface area contributed by atoms with Gasteiger partial charge in [-0.2, -0.15) is 0 Å². The fourth-order valence-electron chi connectivity index (χ4n) is 1.30. The molecule has 0 radical (unpaired) electrons. The molecule has 88 valence electrons. The van der Waals surface area contributed by atoms with Gasteiger partial charge < -0.3 is 11.1 Å². The van der Waals surface area contributed by atoms with Crippen LogP contribution >= 0.6 is 11.3 Å². The van der Waals surface area contributed by atoms with E-state index in [9.17, 15) is 4.79 Å². The van der Waals surface area contributed by atoms with E-state index in [1.54, 1.807) is 12.4 Å². The number of hydrogen-bond donors (Lipinski definition) is 2. The predicted octanol–water partition coefficient (Wildman–Crippen LogP) is 1.01. The van der Waals surface area contributed by atoms with Crippen LogP contribution in [0.4, 0.5) is 5.13 Å². The molecule has 0 saturated carbocycles. The standard InChI is InChI=1S/C10H11N5OS/c1-6(7-3-2-4-12-5-7)13-8(16)9-14-15-10(11)17-9/h2-6H,1H3,(H2,11,15)(H,13,16). The average Bonchev–Trinajstić information content (AvgIpc) is 2.77. The molecule has 1 atom stereocenters. The number of aromatic nitrogens is 3. The zero-order valence-electron chi connectivity index (χ0n) is 9.12. The van der Waals surface area contributed by atoms with Gasteiger partial charge in [0.1, 0.15) is 0 Å². The zero-order valence-corrected chi connectivity index (χ0v) is 9.94. The maximum absolute atomic E-state index is 11.8. The summed E-state index contributed by atoms with van der Waals surface area (Å²) in [6, 6.07) is 3.58. The minimum absolute atomic E-state index is 0.138. The second kappa shape index (κ2) is 4.88. The largest absolute Gasteiger partial charge is 0.374 e. The third kappa shape index (κ3) is 2.76. The molecule has 0 spiro atoms. The first-order valence-corrected chi connectivity index (χ1v) is 5.78. The van der Waals surface area contributed by atoms with Crippen LogP contribution < -0.4 is 11.1 Å². The third-order valence-corrected chi connectivity index (χ3v) is 2.92. The number of nitrogens with one attached hydrogen (secondary N) is 1. The Morgan fingerprint density at radius 3 is 2.94 bits per heavy atom. The highest BCUT2D eigenvalue weighted by Gasteiger charge is 2.15. The van der Waals surface area contributed by atoms with Gasteiger partial charge in [0.25, 0.3) is 5.91 Å². The van der Waals surface area contributed by atoms with Crippen molar-refractivity contribution in [3.8, 4) is 0 Å². The molecule has 2 rings (SSSR count). The number of carbonyl (C=O) groups is 1. The van der Waals surface area contributed by atoms with Crippen LogP contribution in [-0.4, -0.2) is 21.1 Å². The number of pyridine rings is 1. The molecule has 0 aliphatic rings. The Bertz CT molecular complexity index is 512. The minimum atomic E-state index is -0.282. The van der Waals surface area contributed by atoms with Gasteiger partial charge in [-0.25, -0.2) is 0 Å². The Hall–Kier alpha value is -2.02. The summed E-state index contributed by atoms with van der Waals surface area (Å²) in [5, 5.41) is 10.6. The number of carbonyl (C=O) groups excluding carboxylic acids is 1. The van der Waals surface area contributed by atoms with E-state index < -0.39 is 0 Å². The molecule has 2 heterocycles. The van der Waals surface area contributed by atoms with Crippen molar-refractivity contribution < 1.29 is 4.79 Å². The molecule has 0 aliphatic heterocycles. The van der Waals surface area contributed by atoms with Gasteiger partial charge in [0.05, 0.1) is 6.04 Å². The van der Waals surface area contributed by atoms with Crippen LogP contribution in [0.3, 0.4) is 0 Å². The van der Waals surface area contributed by atoms with Crippen LogP contribution in [0.5, 0.6) is 0 Å². The topological polar surface area (TPSA) is 93.8 Å². The van der Waals surface area contributed by atoms with Crippen LogP contribution in [-0.2, 0) is 0 Å². The summed E-state index contributed by atoms with van der Waals surface area (Å²) in [5.74, 6) is -0.282. The fraction of sp³-hybridized carbons (Fsp3) is 0.200. The molecule has 6 nitrogen and oxygen atoms in total. The van der Waals surface area contributed by atoms with E-state index in [0.29, 0.717) is 0 Å². The van der Waals surface area contributed by atoms with E-state index in [1.165, 1.54) is 0 Å². The van der Waals surface area contributed by atoms with E-state index in [0.717, 1.165) is 16.9 Å². The van der Waals surface area contributed by atoms with Crippen molar-refractivity contribution in [3.05, 3.63) is 35.1 Å². The van der Waals surface area contributed by atoms with Gasteiger partial charge in [0.15, 0.2) is 0 Å². The Balaban J connectivity index is 2.04. The van der Waals surface area contributed by atoms with E-state index >= 15 is 0 Å². The fourth-order valence-corrected chi connectivity index (χ4v) is 1.81. The normalized spacial score (nSPS) is 12.1. The lowest BCUT2D eigenvalue weighted by molar-refractivity contribution is 0.0938. The molecule has 0 bridgehead atoms. The Kier molecular flexibility index (Phi) is 3.29. The predicted molar refractivity (Wildman–Crippen MR) is 64.4 cm³/mol. The number of nitrogens with zero attached hydrogens (tertiary/aromatic N) is 3. The highest BCUT2D eigenvalue weighted by Crippen LogP contribution is 2.14.